The number of nitrogens with one attached hydrogen (secondary N) is 1. The molecule has 0 aliphatic carbocycles. The van der Waals surface area contributed by atoms with Crippen LogP contribution in [0.4, 0.5) is 14.4 Å². The van der Waals surface area contributed by atoms with Gasteiger partial charge in [-0.25, -0.2) is 19.2 Å². The van der Waals surface area contributed by atoms with E-state index in [0.717, 1.165) is 0 Å². The molecule has 1 unspecified atom stereocenters. The fraction of sp³-hybridized carbons (Fsp3) is 0.677. The van der Waals surface area contributed by atoms with Gasteiger partial charge in [0.1, 0.15) is 16.8 Å². The molecule has 1 rings (SSSR count). The summed E-state index contributed by atoms with van der Waals surface area (Å²) < 4.78 is 32.3. The van der Waals surface area contributed by atoms with Crippen molar-refractivity contribution in [3.8, 4) is 11.5 Å². The molecule has 0 bridgehead atoms. The van der Waals surface area contributed by atoms with E-state index in [0.29, 0.717) is 25.7 Å². The summed E-state index contributed by atoms with van der Waals surface area (Å²) in [4.78, 5) is 50.7. The highest BCUT2D eigenvalue weighted by atomic mass is 16.8. The fourth-order valence-electron chi connectivity index (χ4n) is 3.19. The Hall–Kier alpha value is -3.54. The van der Waals surface area contributed by atoms with E-state index in [1.807, 2.05) is 27.7 Å². The molecule has 1 aromatic rings. The Bertz CT molecular complexity index is 1130. The Balaban J connectivity index is 3.56. The molecule has 1 aromatic carbocycles. The molecule has 0 fully saturated rings. The third kappa shape index (κ3) is 12.3. The number of hydrogen-bond donors (Lipinski definition) is 2. The minimum absolute atomic E-state index is 0.173. The summed E-state index contributed by atoms with van der Waals surface area (Å²) in [7, 11) is 0. The zero-order valence-corrected chi connectivity index (χ0v) is 27.4. The van der Waals surface area contributed by atoms with Crippen LogP contribution in [0.25, 0.3) is 0 Å². The van der Waals surface area contributed by atoms with Crippen molar-refractivity contribution in [2.24, 2.45) is 0 Å². The van der Waals surface area contributed by atoms with Crippen molar-refractivity contribution < 1.29 is 52.7 Å². The lowest BCUT2D eigenvalue weighted by Gasteiger charge is -2.34. The molecule has 0 aliphatic heterocycles. The highest BCUT2D eigenvalue weighted by Crippen LogP contribution is 2.33. The SMILES string of the molecule is CCC(C)N[C@@](Cc1ccc(OC(=O)OC(C)(C)CC)c(OC(=O)OC(C)(C)CC)c1)(OC(=O)OC(C)(C)CC)C(=O)O. The van der Waals surface area contributed by atoms with Gasteiger partial charge >= 0.3 is 24.4 Å². The summed E-state index contributed by atoms with van der Waals surface area (Å²) in [6, 6.07) is 3.68. The number of ether oxygens (including phenoxy) is 6. The summed E-state index contributed by atoms with van der Waals surface area (Å²) >= 11 is 0. The largest absolute Gasteiger partial charge is 0.514 e. The molecule has 244 valence electrons. The van der Waals surface area contributed by atoms with Crippen LogP contribution in [0.1, 0.15) is 107 Å². The van der Waals surface area contributed by atoms with Crippen LogP contribution < -0.4 is 14.8 Å². The number of benzene rings is 1. The maximum atomic E-state index is 12.8. The van der Waals surface area contributed by atoms with Gasteiger partial charge in [0.05, 0.1) is 0 Å². The zero-order valence-electron chi connectivity index (χ0n) is 27.4. The summed E-state index contributed by atoms with van der Waals surface area (Å²) in [5.74, 6) is -1.89. The number of hydrogen-bond acceptors (Lipinski definition) is 11. The molecular formula is C31H49NO11. The third-order valence-electron chi connectivity index (χ3n) is 7.18. The Kier molecular flexibility index (Phi) is 13.3. The predicted octanol–water partition coefficient (Wildman–Crippen LogP) is 7.15. The van der Waals surface area contributed by atoms with E-state index >= 15 is 0 Å². The molecule has 0 saturated carbocycles. The highest BCUT2D eigenvalue weighted by molar-refractivity contribution is 5.80. The van der Waals surface area contributed by atoms with Crippen LogP contribution in [0.3, 0.4) is 0 Å². The van der Waals surface area contributed by atoms with Crippen molar-refractivity contribution in [2.45, 2.75) is 137 Å². The summed E-state index contributed by atoms with van der Waals surface area (Å²) in [6.45, 7) is 19.2. The molecule has 0 radical (unpaired) electrons. The Morgan fingerprint density at radius 3 is 1.58 bits per heavy atom. The second-order valence-corrected chi connectivity index (χ2v) is 12.2. The lowest BCUT2D eigenvalue weighted by atomic mass is 10.00. The normalized spacial score (nSPS) is 14.1. The highest BCUT2D eigenvalue weighted by Gasteiger charge is 2.45. The van der Waals surface area contributed by atoms with E-state index in [-0.39, 0.29) is 23.1 Å². The van der Waals surface area contributed by atoms with Crippen molar-refractivity contribution in [3.63, 3.8) is 0 Å². The molecule has 2 N–H and O–H groups in total. The molecule has 12 nitrogen and oxygen atoms in total. The minimum atomic E-state index is -2.26. The number of carbonyl (C=O) groups excluding carboxylic acids is 3. The maximum absolute atomic E-state index is 12.8. The number of carboxylic acids is 1. The van der Waals surface area contributed by atoms with Gasteiger partial charge in [-0.05, 0) is 91.8 Å². The molecule has 0 amide bonds. The first-order valence-corrected chi connectivity index (χ1v) is 14.6. The lowest BCUT2D eigenvalue weighted by molar-refractivity contribution is -0.169. The van der Waals surface area contributed by atoms with Crippen LogP contribution in [-0.4, -0.2) is 58.1 Å². The topological polar surface area (TPSA) is 156 Å². The lowest BCUT2D eigenvalue weighted by Crippen LogP contribution is -2.60. The van der Waals surface area contributed by atoms with E-state index in [1.54, 1.807) is 48.5 Å². The standard InChI is InChI=1S/C31H49NO11/c1-12-20(5)32-31(24(33)34,43-27(37)42-30(10,11)15-4)19-21-16-17-22(38-25(35)40-28(6,7)13-2)23(18-21)39-26(36)41-29(8,9)14-3/h16-18,20,32H,12-15,19H2,1-11H3,(H,33,34)/t20?,31-/m0/s1. The second-order valence-electron chi connectivity index (χ2n) is 12.2. The van der Waals surface area contributed by atoms with E-state index in [1.165, 1.54) is 18.2 Å². The van der Waals surface area contributed by atoms with E-state index in [4.69, 9.17) is 28.4 Å². The molecule has 0 aromatic heterocycles. The van der Waals surface area contributed by atoms with Gasteiger partial charge < -0.3 is 33.5 Å². The van der Waals surface area contributed by atoms with Crippen LogP contribution in [0.2, 0.25) is 0 Å². The van der Waals surface area contributed by atoms with Gasteiger partial charge in [-0.3, -0.25) is 5.32 Å². The Morgan fingerprint density at radius 1 is 0.721 bits per heavy atom. The van der Waals surface area contributed by atoms with E-state index in [9.17, 15) is 24.3 Å². The number of aliphatic carboxylic acids is 1. The molecule has 0 aliphatic rings. The first kappa shape index (κ1) is 37.5. The van der Waals surface area contributed by atoms with E-state index < -0.39 is 53.4 Å². The van der Waals surface area contributed by atoms with Crippen LogP contribution in [0.15, 0.2) is 18.2 Å². The molecule has 0 spiro atoms. The van der Waals surface area contributed by atoms with Crippen molar-refractivity contribution in [1.29, 1.82) is 0 Å². The van der Waals surface area contributed by atoms with Gasteiger partial charge in [-0.2, -0.15) is 0 Å². The van der Waals surface area contributed by atoms with Crippen LogP contribution in [0, 0.1) is 0 Å². The molecule has 2 atom stereocenters. The fourth-order valence-corrected chi connectivity index (χ4v) is 3.19. The Labute approximate surface area is 254 Å². The van der Waals surface area contributed by atoms with Gasteiger partial charge in [0.15, 0.2) is 11.5 Å². The first-order valence-electron chi connectivity index (χ1n) is 14.6. The second kappa shape index (κ2) is 15.3. The van der Waals surface area contributed by atoms with Gasteiger partial charge in [-0.15, -0.1) is 0 Å². The average Bonchev–Trinajstić information content (AvgIpc) is 2.88. The summed E-state index contributed by atoms with van der Waals surface area (Å²) in [6.07, 6.45) is -1.69. The molecule has 0 saturated heterocycles. The summed E-state index contributed by atoms with van der Waals surface area (Å²) in [5, 5.41) is 13.2. The average molecular weight is 612 g/mol. The number of rotatable bonds is 15. The molecule has 43 heavy (non-hydrogen) atoms. The van der Waals surface area contributed by atoms with Crippen molar-refractivity contribution >= 4 is 24.4 Å². The maximum Gasteiger partial charge on any atom is 0.514 e. The van der Waals surface area contributed by atoms with Crippen LogP contribution in [-0.2, 0) is 30.2 Å². The van der Waals surface area contributed by atoms with Gasteiger partial charge in [-0.1, -0.05) is 33.8 Å². The smallest absolute Gasteiger partial charge is 0.477 e. The number of carboxylic acid groups (broad SMARTS) is 1. The zero-order chi connectivity index (χ0) is 33.2. The number of carbonyl (C=O) groups is 4. The van der Waals surface area contributed by atoms with Gasteiger partial charge in [0.25, 0.3) is 5.72 Å². The van der Waals surface area contributed by atoms with Crippen LogP contribution >= 0.6 is 0 Å². The van der Waals surface area contributed by atoms with E-state index in [2.05, 4.69) is 5.32 Å². The molecular weight excluding hydrogens is 562 g/mol. The quantitative estimate of drug-likeness (QED) is 0.0895. The van der Waals surface area contributed by atoms with Crippen molar-refractivity contribution in [2.75, 3.05) is 0 Å². The molecule has 0 heterocycles. The van der Waals surface area contributed by atoms with Crippen molar-refractivity contribution in [3.05, 3.63) is 23.8 Å². The van der Waals surface area contributed by atoms with Gasteiger partial charge in [0.2, 0.25) is 0 Å². The summed E-state index contributed by atoms with van der Waals surface area (Å²) in [5.41, 5.74) is -4.56. The third-order valence-corrected chi connectivity index (χ3v) is 7.18. The van der Waals surface area contributed by atoms with Gasteiger partial charge in [0, 0.05) is 12.5 Å². The van der Waals surface area contributed by atoms with Crippen LogP contribution in [0.5, 0.6) is 11.5 Å². The monoisotopic (exact) mass is 611 g/mol. The minimum Gasteiger partial charge on any atom is -0.477 e. The predicted molar refractivity (Wildman–Crippen MR) is 158 cm³/mol. The first-order chi connectivity index (χ1) is 19.7. The molecule has 12 heteroatoms. The Morgan fingerprint density at radius 2 is 1.16 bits per heavy atom. The van der Waals surface area contributed by atoms with Crippen molar-refractivity contribution in [1.82, 2.24) is 5.32 Å².